The molecule has 0 aromatic heterocycles. The molecule has 32 heavy (non-hydrogen) atoms. The van der Waals surface area contributed by atoms with E-state index in [1.807, 2.05) is 0 Å². The molecule has 0 rings (SSSR count). The summed E-state index contributed by atoms with van der Waals surface area (Å²) in [7, 11) is 0. The summed E-state index contributed by atoms with van der Waals surface area (Å²) in [4.78, 5) is 11.2. The maximum Gasteiger partial charge on any atom is 0.333 e. The molecule has 4 heteroatoms. The molecule has 2 N–H and O–H groups in total. The third-order valence-electron chi connectivity index (χ3n) is 5.65. The second kappa shape index (κ2) is 28.2. The molecule has 0 amide bonds. The maximum absolute atomic E-state index is 11.2. The second-order valence-corrected chi connectivity index (χ2v) is 9.20. The molecule has 0 spiro atoms. The number of rotatable bonds is 22. The van der Waals surface area contributed by atoms with Crippen molar-refractivity contribution in [2.24, 2.45) is 0 Å². The Morgan fingerprint density at radius 3 is 1.34 bits per heavy atom. The van der Waals surface area contributed by atoms with Crippen LogP contribution in [0.3, 0.4) is 0 Å². The number of esters is 1. The molecule has 192 valence electrons. The van der Waals surface area contributed by atoms with Gasteiger partial charge >= 0.3 is 5.97 Å². The SMILES string of the molecule is C=C(C)C(=O)OCCCCCCCCCCCCCCCCCC.CCCCCC(O)O. The van der Waals surface area contributed by atoms with Crippen LogP contribution in [0.5, 0.6) is 0 Å². The minimum Gasteiger partial charge on any atom is -0.462 e. The fourth-order valence-corrected chi connectivity index (χ4v) is 3.52. The normalized spacial score (nSPS) is 10.7. The van der Waals surface area contributed by atoms with Crippen molar-refractivity contribution in [2.45, 2.75) is 155 Å². The molecule has 0 aliphatic carbocycles. The molecule has 0 saturated heterocycles. The monoisotopic (exact) mass is 456 g/mol. The molecule has 4 nitrogen and oxygen atoms in total. The van der Waals surface area contributed by atoms with E-state index in [4.69, 9.17) is 14.9 Å². The summed E-state index contributed by atoms with van der Waals surface area (Å²) in [6, 6.07) is 0. The van der Waals surface area contributed by atoms with Crippen molar-refractivity contribution in [1.29, 1.82) is 0 Å². The Hall–Kier alpha value is -0.870. The molecule has 0 heterocycles. The average molecular weight is 457 g/mol. The Kier molecular flexibility index (Phi) is 29.3. The highest BCUT2D eigenvalue weighted by atomic mass is 16.5. The van der Waals surface area contributed by atoms with E-state index in [0.29, 0.717) is 18.6 Å². The van der Waals surface area contributed by atoms with Crippen LogP contribution in [0.4, 0.5) is 0 Å². The highest BCUT2D eigenvalue weighted by molar-refractivity contribution is 5.86. The fourth-order valence-electron chi connectivity index (χ4n) is 3.52. The zero-order valence-electron chi connectivity index (χ0n) is 21.8. The number of carbonyl (C=O) groups is 1. The Morgan fingerprint density at radius 1 is 0.656 bits per heavy atom. The van der Waals surface area contributed by atoms with Crippen LogP contribution in [-0.4, -0.2) is 29.1 Å². The van der Waals surface area contributed by atoms with Crippen LogP contribution in [0.1, 0.15) is 149 Å². The first-order chi connectivity index (χ1) is 15.5. The van der Waals surface area contributed by atoms with E-state index < -0.39 is 6.29 Å². The predicted octanol–water partition coefficient (Wildman–Crippen LogP) is 8.24. The third kappa shape index (κ3) is 31.3. The Bertz CT molecular complexity index is 393. The van der Waals surface area contributed by atoms with Gasteiger partial charge in [-0.25, -0.2) is 4.79 Å². The first kappa shape index (κ1) is 33.3. The van der Waals surface area contributed by atoms with Crippen LogP contribution in [0.15, 0.2) is 12.2 Å². The van der Waals surface area contributed by atoms with E-state index in [1.165, 1.54) is 96.3 Å². The van der Waals surface area contributed by atoms with Crippen molar-refractivity contribution >= 4 is 5.97 Å². The van der Waals surface area contributed by atoms with Gasteiger partial charge in [0.25, 0.3) is 0 Å². The van der Waals surface area contributed by atoms with Gasteiger partial charge < -0.3 is 14.9 Å². The molecular weight excluding hydrogens is 400 g/mol. The molecular formula is C28H56O4. The largest absolute Gasteiger partial charge is 0.462 e. The lowest BCUT2D eigenvalue weighted by Crippen LogP contribution is -2.05. The second-order valence-electron chi connectivity index (χ2n) is 9.20. The molecule has 0 bridgehead atoms. The van der Waals surface area contributed by atoms with Gasteiger partial charge in [0.2, 0.25) is 0 Å². The third-order valence-corrected chi connectivity index (χ3v) is 5.65. The van der Waals surface area contributed by atoms with Crippen LogP contribution in [-0.2, 0) is 9.53 Å². The van der Waals surface area contributed by atoms with E-state index in [9.17, 15) is 4.79 Å². The van der Waals surface area contributed by atoms with Gasteiger partial charge in [-0.1, -0.05) is 130 Å². The van der Waals surface area contributed by atoms with Gasteiger partial charge in [0.1, 0.15) is 0 Å². The number of aliphatic hydroxyl groups excluding tert-OH is 1. The minimum atomic E-state index is -1.10. The van der Waals surface area contributed by atoms with Crippen molar-refractivity contribution in [3.05, 3.63) is 12.2 Å². The quantitative estimate of drug-likeness (QED) is 0.0744. The van der Waals surface area contributed by atoms with Crippen molar-refractivity contribution in [2.75, 3.05) is 6.61 Å². The fraction of sp³-hybridized carbons (Fsp3) is 0.893. The van der Waals surface area contributed by atoms with Crippen molar-refractivity contribution in [3.8, 4) is 0 Å². The number of aliphatic hydroxyl groups is 2. The Balaban J connectivity index is 0. The van der Waals surface area contributed by atoms with Gasteiger partial charge in [-0.3, -0.25) is 0 Å². The first-order valence-corrected chi connectivity index (χ1v) is 13.6. The molecule has 0 aliphatic heterocycles. The van der Waals surface area contributed by atoms with E-state index in [0.717, 1.165) is 25.7 Å². The van der Waals surface area contributed by atoms with Crippen LogP contribution in [0.2, 0.25) is 0 Å². The molecule has 0 aromatic rings. The summed E-state index contributed by atoms with van der Waals surface area (Å²) in [5, 5.41) is 16.7. The van der Waals surface area contributed by atoms with Crippen LogP contribution < -0.4 is 0 Å². The van der Waals surface area contributed by atoms with Gasteiger partial charge in [-0.05, 0) is 26.2 Å². The number of carbonyl (C=O) groups excluding carboxylic acids is 1. The molecule has 0 radical (unpaired) electrons. The number of ether oxygens (including phenoxy) is 1. The number of hydrogen-bond donors (Lipinski definition) is 2. The van der Waals surface area contributed by atoms with Crippen molar-refractivity contribution in [3.63, 3.8) is 0 Å². The topological polar surface area (TPSA) is 66.8 Å². The van der Waals surface area contributed by atoms with Crippen molar-refractivity contribution in [1.82, 2.24) is 0 Å². The van der Waals surface area contributed by atoms with E-state index in [-0.39, 0.29) is 5.97 Å². The highest BCUT2D eigenvalue weighted by Gasteiger charge is 2.01. The van der Waals surface area contributed by atoms with Gasteiger partial charge in [-0.15, -0.1) is 0 Å². The van der Waals surface area contributed by atoms with E-state index >= 15 is 0 Å². The molecule has 0 aromatic carbocycles. The Labute approximate surface area is 200 Å². The van der Waals surface area contributed by atoms with Crippen molar-refractivity contribution < 1.29 is 19.7 Å². The molecule has 0 atom stereocenters. The predicted molar refractivity (Wildman–Crippen MR) is 138 cm³/mol. The molecule has 0 saturated carbocycles. The number of hydrogen-bond acceptors (Lipinski definition) is 4. The zero-order valence-corrected chi connectivity index (χ0v) is 21.8. The smallest absolute Gasteiger partial charge is 0.333 e. The van der Waals surface area contributed by atoms with Gasteiger partial charge in [0.15, 0.2) is 6.29 Å². The van der Waals surface area contributed by atoms with E-state index in [2.05, 4.69) is 20.4 Å². The van der Waals surface area contributed by atoms with Crippen LogP contribution in [0.25, 0.3) is 0 Å². The van der Waals surface area contributed by atoms with E-state index in [1.54, 1.807) is 6.92 Å². The summed E-state index contributed by atoms with van der Waals surface area (Å²) >= 11 is 0. The molecule has 0 aliphatic rings. The van der Waals surface area contributed by atoms with Gasteiger partial charge in [0.05, 0.1) is 6.61 Å². The number of unbranched alkanes of at least 4 members (excludes halogenated alkanes) is 17. The Morgan fingerprint density at radius 2 is 1.00 bits per heavy atom. The molecule has 0 fully saturated rings. The first-order valence-electron chi connectivity index (χ1n) is 13.6. The average Bonchev–Trinajstić information content (AvgIpc) is 2.76. The standard InChI is InChI=1S/C22H42O2.C6H14O2/c1-4-5-6-7-8-9-10-11-12-13-14-15-16-17-18-19-20-24-22(23)21(2)3;1-2-3-4-5-6(7)8/h2,4-20H2,1,3H3;6-8H,2-5H2,1H3. The van der Waals surface area contributed by atoms with Crippen LogP contribution in [0, 0.1) is 0 Å². The molecule has 0 unspecified atom stereocenters. The lowest BCUT2D eigenvalue weighted by molar-refractivity contribution is -0.139. The minimum absolute atomic E-state index is 0.254. The lowest BCUT2D eigenvalue weighted by atomic mass is 10.0. The van der Waals surface area contributed by atoms with Gasteiger partial charge in [-0.2, -0.15) is 0 Å². The summed E-state index contributed by atoms with van der Waals surface area (Å²) in [6.45, 7) is 10.2. The maximum atomic E-state index is 11.2. The van der Waals surface area contributed by atoms with Crippen LogP contribution >= 0.6 is 0 Å². The zero-order chi connectivity index (χ0) is 24.3. The highest BCUT2D eigenvalue weighted by Crippen LogP contribution is 2.13. The summed E-state index contributed by atoms with van der Waals surface area (Å²) in [5.74, 6) is -0.254. The lowest BCUT2D eigenvalue weighted by Gasteiger charge is -2.05. The summed E-state index contributed by atoms with van der Waals surface area (Å²) in [5.41, 5.74) is 0.492. The summed E-state index contributed by atoms with van der Waals surface area (Å²) < 4.78 is 5.08. The van der Waals surface area contributed by atoms with Gasteiger partial charge in [0, 0.05) is 5.57 Å². The summed E-state index contributed by atoms with van der Waals surface area (Å²) in [6.07, 6.45) is 24.3.